The highest BCUT2D eigenvalue weighted by Crippen LogP contribution is 2.18. The van der Waals surface area contributed by atoms with Gasteiger partial charge in [0.25, 0.3) is 0 Å². The van der Waals surface area contributed by atoms with Crippen molar-refractivity contribution in [1.29, 1.82) is 0 Å². The van der Waals surface area contributed by atoms with Crippen molar-refractivity contribution in [3.8, 4) is 5.69 Å². The Kier molecular flexibility index (Phi) is 2.96. The van der Waals surface area contributed by atoms with Gasteiger partial charge in [-0.05, 0) is 41.9 Å². The van der Waals surface area contributed by atoms with Crippen LogP contribution in [0.5, 0.6) is 0 Å². The average Bonchev–Trinajstić information content (AvgIpc) is 2.61. The van der Waals surface area contributed by atoms with E-state index in [2.05, 4.69) is 21.0 Å². The summed E-state index contributed by atoms with van der Waals surface area (Å²) >= 11 is 3.42. The van der Waals surface area contributed by atoms with E-state index in [1.807, 2.05) is 38.1 Å². The summed E-state index contributed by atoms with van der Waals surface area (Å²) in [5.74, 6) is 0. The minimum atomic E-state index is -0.123. The molecule has 0 unspecified atom stereocenters. The monoisotopic (exact) mass is 281 g/mol. The maximum atomic E-state index is 12.0. The van der Waals surface area contributed by atoms with Crippen molar-refractivity contribution >= 4 is 15.9 Å². The van der Waals surface area contributed by atoms with Crippen LogP contribution in [0.4, 0.5) is 0 Å². The van der Waals surface area contributed by atoms with Crippen LogP contribution in [0.15, 0.2) is 39.9 Å². The molecule has 0 N–H and O–H groups in total. The minimum absolute atomic E-state index is 0.0660. The average molecular weight is 282 g/mol. The number of hydrogen-bond acceptors (Lipinski definition) is 2. The van der Waals surface area contributed by atoms with Gasteiger partial charge in [-0.1, -0.05) is 12.1 Å². The molecule has 4 nitrogen and oxygen atoms in total. The third kappa shape index (κ3) is 1.82. The van der Waals surface area contributed by atoms with Crippen LogP contribution in [0.25, 0.3) is 5.69 Å². The molecule has 0 bridgehead atoms. The SMILES string of the molecule is CC(C)n1ncn(-c2ccccc2Br)c1=O. The number of aromatic nitrogens is 3. The van der Waals surface area contributed by atoms with E-state index in [9.17, 15) is 4.79 Å². The van der Waals surface area contributed by atoms with Gasteiger partial charge >= 0.3 is 5.69 Å². The van der Waals surface area contributed by atoms with Crippen LogP contribution >= 0.6 is 15.9 Å². The van der Waals surface area contributed by atoms with Crippen molar-refractivity contribution in [3.05, 3.63) is 45.5 Å². The fourth-order valence-corrected chi connectivity index (χ4v) is 1.96. The van der Waals surface area contributed by atoms with E-state index in [1.165, 1.54) is 9.25 Å². The fraction of sp³-hybridized carbons (Fsp3) is 0.273. The van der Waals surface area contributed by atoms with Crippen molar-refractivity contribution in [1.82, 2.24) is 14.3 Å². The summed E-state index contributed by atoms with van der Waals surface area (Å²) in [4.78, 5) is 12.0. The molecule has 0 aliphatic heterocycles. The van der Waals surface area contributed by atoms with Gasteiger partial charge in [0, 0.05) is 4.47 Å². The molecule has 0 spiro atoms. The molecule has 0 aliphatic rings. The smallest absolute Gasteiger partial charge is 0.248 e. The Balaban J connectivity index is 2.59. The van der Waals surface area contributed by atoms with Crippen LogP contribution < -0.4 is 5.69 Å². The molecule has 0 atom stereocenters. The second-order valence-electron chi connectivity index (χ2n) is 3.77. The van der Waals surface area contributed by atoms with Gasteiger partial charge in [0.1, 0.15) is 6.33 Å². The number of benzene rings is 1. The Hall–Kier alpha value is -1.36. The van der Waals surface area contributed by atoms with Gasteiger partial charge in [-0.2, -0.15) is 5.10 Å². The molecule has 2 rings (SSSR count). The third-order valence-electron chi connectivity index (χ3n) is 2.29. The van der Waals surface area contributed by atoms with Crippen LogP contribution in [-0.2, 0) is 0 Å². The van der Waals surface area contributed by atoms with Gasteiger partial charge in [-0.25, -0.2) is 14.0 Å². The van der Waals surface area contributed by atoms with E-state index in [0.29, 0.717) is 0 Å². The highest BCUT2D eigenvalue weighted by Gasteiger charge is 2.10. The maximum absolute atomic E-state index is 12.0. The fourth-order valence-electron chi connectivity index (χ4n) is 1.48. The van der Waals surface area contributed by atoms with Crippen molar-refractivity contribution in [2.45, 2.75) is 19.9 Å². The zero-order valence-corrected chi connectivity index (χ0v) is 10.7. The molecule has 0 aliphatic carbocycles. The van der Waals surface area contributed by atoms with Crippen LogP contribution in [0, 0.1) is 0 Å². The van der Waals surface area contributed by atoms with E-state index in [1.54, 1.807) is 6.33 Å². The highest BCUT2D eigenvalue weighted by molar-refractivity contribution is 9.10. The summed E-state index contributed by atoms with van der Waals surface area (Å²) in [6, 6.07) is 7.63. The number of para-hydroxylation sites is 1. The summed E-state index contributed by atoms with van der Waals surface area (Å²) < 4.78 is 3.86. The first kappa shape index (κ1) is 11.1. The maximum Gasteiger partial charge on any atom is 0.350 e. The van der Waals surface area contributed by atoms with Crippen LogP contribution in [0.1, 0.15) is 19.9 Å². The first-order valence-electron chi connectivity index (χ1n) is 5.02. The molecule has 1 aromatic heterocycles. The van der Waals surface area contributed by atoms with Crippen molar-refractivity contribution in [2.24, 2.45) is 0 Å². The van der Waals surface area contributed by atoms with E-state index in [4.69, 9.17) is 0 Å². The Labute approximate surface area is 102 Å². The van der Waals surface area contributed by atoms with Crippen molar-refractivity contribution < 1.29 is 0 Å². The van der Waals surface area contributed by atoms with Gasteiger partial charge in [-0.15, -0.1) is 0 Å². The molecule has 5 heteroatoms. The Morgan fingerprint density at radius 3 is 2.56 bits per heavy atom. The lowest BCUT2D eigenvalue weighted by Crippen LogP contribution is -2.25. The summed E-state index contributed by atoms with van der Waals surface area (Å²) in [7, 11) is 0. The molecular weight excluding hydrogens is 270 g/mol. The number of hydrogen-bond donors (Lipinski definition) is 0. The van der Waals surface area contributed by atoms with Gasteiger partial charge in [0.2, 0.25) is 0 Å². The number of rotatable bonds is 2. The molecule has 0 fully saturated rings. The van der Waals surface area contributed by atoms with E-state index < -0.39 is 0 Å². The van der Waals surface area contributed by atoms with Crippen molar-refractivity contribution in [2.75, 3.05) is 0 Å². The molecular formula is C11H12BrN3O. The molecule has 84 valence electrons. The minimum Gasteiger partial charge on any atom is -0.248 e. The second-order valence-corrected chi connectivity index (χ2v) is 4.63. The standard InChI is InChI=1S/C11H12BrN3O/c1-8(2)15-11(16)14(7-13-15)10-6-4-3-5-9(10)12/h3-8H,1-2H3. The summed E-state index contributed by atoms with van der Waals surface area (Å²) in [6.07, 6.45) is 1.54. The molecule has 0 saturated heterocycles. The lowest BCUT2D eigenvalue weighted by molar-refractivity contribution is 0.511. The predicted molar refractivity (Wildman–Crippen MR) is 65.9 cm³/mol. The van der Waals surface area contributed by atoms with Crippen LogP contribution in [-0.4, -0.2) is 14.3 Å². The van der Waals surface area contributed by atoms with E-state index in [-0.39, 0.29) is 11.7 Å². The Morgan fingerprint density at radius 1 is 1.31 bits per heavy atom. The first-order chi connectivity index (χ1) is 7.61. The van der Waals surface area contributed by atoms with Gasteiger partial charge in [0.05, 0.1) is 11.7 Å². The molecule has 0 amide bonds. The predicted octanol–water partition coefficient (Wildman–Crippen LogP) is 2.38. The topological polar surface area (TPSA) is 39.8 Å². The first-order valence-corrected chi connectivity index (χ1v) is 5.81. The zero-order valence-electron chi connectivity index (χ0n) is 9.09. The molecule has 1 heterocycles. The number of halogens is 1. The van der Waals surface area contributed by atoms with E-state index >= 15 is 0 Å². The largest absolute Gasteiger partial charge is 0.350 e. The lowest BCUT2D eigenvalue weighted by atomic mass is 10.3. The summed E-state index contributed by atoms with van der Waals surface area (Å²) in [5, 5.41) is 4.08. The van der Waals surface area contributed by atoms with Crippen LogP contribution in [0.3, 0.4) is 0 Å². The summed E-state index contributed by atoms with van der Waals surface area (Å²) in [5.41, 5.74) is 0.682. The van der Waals surface area contributed by atoms with Crippen LogP contribution in [0.2, 0.25) is 0 Å². The molecule has 0 saturated carbocycles. The second kappa shape index (κ2) is 4.25. The Morgan fingerprint density at radius 2 is 2.00 bits per heavy atom. The highest BCUT2D eigenvalue weighted by atomic mass is 79.9. The summed E-state index contributed by atoms with van der Waals surface area (Å²) in [6.45, 7) is 3.86. The van der Waals surface area contributed by atoms with Gasteiger partial charge in [-0.3, -0.25) is 0 Å². The number of nitrogens with zero attached hydrogens (tertiary/aromatic N) is 3. The Bertz CT molecular complexity index is 556. The van der Waals surface area contributed by atoms with E-state index in [0.717, 1.165) is 10.2 Å². The molecule has 16 heavy (non-hydrogen) atoms. The lowest BCUT2D eigenvalue weighted by Gasteiger charge is -2.04. The quantitative estimate of drug-likeness (QED) is 0.848. The van der Waals surface area contributed by atoms with Gasteiger partial charge in [0.15, 0.2) is 0 Å². The molecule has 2 aromatic rings. The normalized spacial score (nSPS) is 11.0. The molecule has 1 aromatic carbocycles. The third-order valence-corrected chi connectivity index (χ3v) is 2.97. The van der Waals surface area contributed by atoms with Crippen molar-refractivity contribution in [3.63, 3.8) is 0 Å². The zero-order chi connectivity index (χ0) is 11.7. The molecule has 0 radical (unpaired) electrons. The van der Waals surface area contributed by atoms with Gasteiger partial charge < -0.3 is 0 Å².